The first-order valence-corrected chi connectivity index (χ1v) is 14.2. The standard InChI is InChI=1S/C29H58O2/c1-4-6-8-10-12-14-16-17-19-21-23-25-27-31-29(28(3)30)26-24-22-20-18-15-13-11-9-7-5-2/h30H,4-27H2,1-3H3. The molecule has 0 spiro atoms. The molecule has 0 aliphatic heterocycles. The maximum Gasteiger partial charge on any atom is 0.133 e. The van der Waals surface area contributed by atoms with Crippen molar-refractivity contribution in [2.75, 3.05) is 6.61 Å². The third-order valence-corrected chi connectivity index (χ3v) is 6.44. The Kier molecular flexibility index (Phi) is 25.1. The normalized spacial score (nSPS) is 12.2. The molecule has 2 nitrogen and oxygen atoms in total. The first-order valence-electron chi connectivity index (χ1n) is 14.2. The molecule has 0 rings (SSSR count). The van der Waals surface area contributed by atoms with Gasteiger partial charge in [0.1, 0.15) is 11.5 Å². The molecule has 0 saturated heterocycles. The van der Waals surface area contributed by atoms with Gasteiger partial charge in [-0.25, -0.2) is 0 Å². The SMILES string of the molecule is CCCCCCCCCCCCCCOC(CCCCCCCCCCCC)=C(C)O. The lowest BCUT2D eigenvalue weighted by Crippen LogP contribution is -1.99. The van der Waals surface area contributed by atoms with Crippen LogP contribution in [-0.4, -0.2) is 11.7 Å². The summed E-state index contributed by atoms with van der Waals surface area (Å²) in [5.74, 6) is 1.22. The molecular formula is C29H58O2. The Morgan fingerprint density at radius 3 is 1.16 bits per heavy atom. The van der Waals surface area contributed by atoms with E-state index in [2.05, 4.69) is 13.8 Å². The van der Waals surface area contributed by atoms with Crippen LogP contribution < -0.4 is 0 Å². The Bertz CT molecular complexity index is 371. The Morgan fingerprint density at radius 1 is 0.484 bits per heavy atom. The van der Waals surface area contributed by atoms with E-state index in [4.69, 9.17) is 4.74 Å². The number of hydrogen-bond acceptors (Lipinski definition) is 2. The summed E-state index contributed by atoms with van der Waals surface area (Å²) in [5, 5.41) is 9.90. The predicted molar refractivity (Wildman–Crippen MR) is 139 cm³/mol. The zero-order valence-corrected chi connectivity index (χ0v) is 21.8. The number of aliphatic hydroxyl groups is 1. The molecule has 1 N–H and O–H groups in total. The second-order valence-corrected chi connectivity index (χ2v) is 9.68. The monoisotopic (exact) mass is 438 g/mol. The van der Waals surface area contributed by atoms with Crippen molar-refractivity contribution in [2.45, 2.75) is 168 Å². The highest BCUT2D eigenvalue weighted by atomic mass is 16.5. The minimum absolute atomic E-state index is 0.384. The van der Waals surface area contributed by atoms with Crippen molar-refractivity contribution in [3.63, 3.8) is 0 Å². The van der Waals surface area contributed by atoms with Crippen LogP contribution in [0.5, 0.6) is 0 Å². The van der Waals surface area contributed by atoms with E-state index in [9.17, 15) is 5.11 Å². The molecule has 0 saturated carbocycles. The van der Waals surface area contributed by atoms with Gasteiger partial charge in [-0.05, 0) is 19.8 Å². The molecule has 0 unspecified atom stereocenters. The fraction of sp³-hybridized carbons (Fsp3) is 0.931. The second kappa shape index (κ2) is 25.6. The van der Waals surface area contributed by atoms with E-state index in [-0.39, 0.29) is 0 Å². The molecule has 0 atom stereocenters. The van der Waals surface area contributed by atoms with E-state index in [0.717, 1.165) is 31.6 Å². The number of rotatable bonds is 25. The van der Waals surface area contributed by atoms with E-state index < -0.39 is 0 Å². The zero-order valence-electron chi connectivity index (χ0n) is 21.8. The number of ether oxygens (including phenoxy) is 1. The average molecular weight is 439 g/mol. The molecule has 186 valence electrons. The van der Waals surface area contributed by atoms with Gasteiger partial charge < -0.3 is 9.84 Å². The van der Waals surface area contributed by atoms with Crippen LogP contribution in [0.4, 0.5) is 0 Å². The molecule has 2 heteroatoms. The van der Waals surface area contributed by atoms with Crippen LogP contribution in [0, 0.1) is 0 Å². The molecule has 31 heavy (non-hydrogen) atoms. The Morgan fingerprint density at radius 2 is 0.806 bits per heavy atom. The van der Waals surface area contributed by atoms with Crippen LogP contribution in [0.2, 0.25) is 0 Å². The highest BCUT2D eigenvalue weighted by Gasteiger charge is 2.04. The highest BCUT2D eigenvalue weighted by Crippen LogP contribution is 2.17. The molecule has 0 fully saturated rings. The van der Waals surface area contributed by atoms with E-state index in [1.165, 1.54) is 128 Å². The van der Waals surface area contributed by atoms with Crippen molar-refractivity contribution < 1.29 is 9.84 Å². The highest BCUT2D eigenvalue weighted by molar-refractivity contribution is 4.96. The molecule has 0 aromatic rings. The van der Waals surface area contributed by atoms with Crippen LogP contribution in [0.15, 0.2) is 11.5 Å². The Balaban J connectivity index is 3.45. The van der Waals surface area contributed by atoms with Crippen LogP contribution in [0.3, 0.4) is 0 Å². The van der Waals surface area contributed by atoms with E-state index >= 15 is 0 Å². The van der Waals surface area contributed by atoms with Crippen LogP contribution in [0.1, 0.15) is 168 Å². The number of aliphatic hydroxyl groups excluding tert-OH is 1. The van der Waals surface area contributed by atoms with Gasteiger partial charge >= 0.3 is 0 Å². The van der Waals surface area contributed by atoms with Crippen molar-refractivity contribution in [3.8, 4) is 0 Å². The van der Waals surface area contributed by atoms with Crippen molar-refractivity contribution >= 4 is 0 Å². The fourth-order valence-electron chi connectivity index (χ4n) is 4.27. The van der Waals surface area contributed by atoms with Gasteiger partial charge in [0.05, 0.1) is 6.61 Å². The topological polar surface area (TPSA) is 29.5 Å². The first kappa shape index (κ1) is 30.3. The minimum Gasteiger partial charge on any atom is -0.509 e. The summed E-state index contributed by atoms with van der Waals surface area (Å²) in [4.78, 5) is 0. The van der Waals surface area contributed by atoms with Gasteiger partial charge in [0, 0.05) is 6.42 Å². The van der Waals surface area contributed by atoms with E-state index in [1.54, 1.807) is 6.92 Å². The Labute approximate surface area is 196 Å². The summed E-state index contributed by atoms with van der Waals surface area (Å²) in [6.45, 7) is 7.10. The minimum atomic E-state index is 0.384. The maximum atomic E-state index is 9.90. The predicted octanol–water partition coefficient (Wildman–Crippen LogP) is 10.8. The molecule has 0 aromatic carbocycles. The fourth-order valence-corrected chi connectivity index (χ4v) is 4.27. The maximum absolute atomic E-state index is 9.90. The third kappa shape index (κ3) is 23.8. The summed E-state index contributed by atoms with van der Waals surface area (Å²) in [6, 6.07) is 0. The van der Waals surface area contributed by atoms with Crippen molar-refractivity contribution in [1.82, 2.24) is 0 Å². The molecule has 0 aliphatic carbocycles. The van der Waals surface area contributed by atoms with Gasteiger partial charge in [0.15, 0.2) is 0 Å². The van der Waals surface area contributed by atoms with Crippen molar-refractivity contribution in [1.29, 1.82) is 0 Å². The van der Waals surface area contributed by atoms with E-state index in [1.807, 2.05) is 0 Å². The summed E-state index contributed by atoms with van der Waals surface area (Å²) in [5.41, 5.74) is 0. The molecule has 0 heterocycles. The average Bonchev–Trinajstić information content (AvgIpc) is 2.76. The summed E-state index contributed by atoms with van der Waals surface area (Å²) in [7, 11) is 0. The largest absolute Gasteiger partial charge is 0.509 e. The number of hydrogen-bond donors (Lipinski definition) is 1. The molecule has 0 aromatic heterocycles. The number of unbranched alkanes of at least 4 members (excludes halogenated alkanes) is 20. The second-order valence-electron chi connectivity index (χ2n) is 9.68. The van der Waals surface area contributed by atoms with Crippen LogP contribution in [0.25, 0.3) is 0 Å². The third-order valence-electron chi connectivity index (χ3n) is 6.44. The summed E-state index contributed by atoms with van der Waals surface area (Å²) < 4.78 is 5.91. The smallest absolute Gasteiger partial charge is 0.133 e. The molecule has 0 amide bonds. The number of allylic oxidation sites excluding steroid dienone is 2. The van der Waals surface area contributed by atoms with Gasteiger partial charge in [-0.2, -0.15) is 0 Å². The lowest BCUT2D eigenvalue weighted by molar-refractivity contribution is 0.174. The first-order chi connectivity index (χ1) is 15.2. The summed E-state index contributed by atoms with van der Waals surface area (Å²) in [6.07, 6.45) is 30.7. The van der Waals surface area contributed by atoms with Gasteiger partial charge in [-0.15, -0.1) is 0 Å². The zero-order chi connectivity index (χ0) is 22.8. The van der Waals surface area contributed by atoms with Crippen LogP contribution in [-0.2, 0) is 4.74 Å². The van der Waals surface area contributed by atoms with Gasteiger partial charge in [0.2, 0.25) is 0 Å². The van der Waals surface area contributed by atoms with E-state index in [0.29, 0.717) is 5.76 Å². The van der Waals surface area contributed by atoms with Crippen molar-refractivity contribution in [2.24, 2.45) is 0 Å². The quantitative estimate of drug-likeness (QED) is 0.113. The molecule has 0 bridgehead atoms. The summed E-state index contributed by atoms with van der Waals surface area (Å²) >= 11 is 0. The lowest BCUT2D eigenvalue weighted by atomic mass is 10.1. The van der Waals surface area contributed by atoms with Crippen molar-refractivity contribution in [3.05, 3.63) is 11.5 Å². The Hall–Kier alpha value is -0.660. The molecule has 0 radical (unpaired) electrons. The lowest BCUT2D eigenvalue weighted by Gasteiger charge is -2.12. The van der Waals surface area contributed by atoms with Crippen LogP contribution >= 0.6 is 0 Å². The van der Waals surface area contributed by atoms with Gasteiger partial charge in [-0.1, -0.05) is 142 Å². The van der Waals surface area contributed by atoms with Gasteiger partial charge in [0.25, 0.3) is 0 Å². The molecular weight excluding hydrogens is 380 g/mol. The van der Waals surface area contributed by atoms with Gasteiger partial charge in [-0.3, -0.25) is 0 Å². The molecule has 0 aliphatic rings.